The van der Waals surface area contributed by atoms with E-state index in [4.69, 9.17) is 11.6 Å². The molecule has 34 heavy (non-hydrogen) atoms. The van der Waals surface area contributed by atoms with Crippen LogP contribution in [0.4, 0.5) is 20.6 Å². The Hall–Kier alpha value is -3.41. The van der Waals surface area contributed by atoms with Crippen LogP contribution in [0, 0.1) is 5.82 Å². The Kier molecular flexibility index (Phi) is 6.34. The summed E-state index contributed by atoms with van der Waals surface area (Å²) in [7, 11) is -0.622. The summed E-state index contributed by atoms with van der Waals surface area (Å²) < 4.78 is 42.3. The van der Waals surface area contributed by atoms with Gasteiger partial charge in [0.25, 0.3) is 15.6 Å². The zero-order chi connectivity index (χ0) is 24.6. The van der Waals surface area contributed by atoms with E-state index in [0.29, 0.717) is 22.4 Å². The number of carbonyl (C=O) groups excluding carboxylic acids is 1. The maximum absolute atomic E-state index is 14.4. The number of pyridine rings is 1. The minimum atomic E-state index is -4.06. The number of benzene rings is 2. The second-order valence-corrected chi connectivity index (χ2v) is 11.1. The minimum absolute atomic E-state index is 0.0900. The van der Waals surface area contributed by atoms with Crippen molar-refractivity contribution in [2.24, 2.45) is 0 Å². The van der Waals surface area contributed by atoms with Crippen LogP contribution in [0.3, 0.4) is 0 Å². The standard InChI is InChI=1S/C22H18ClFN4O4S2/c1-27(2)18-11-13-9-10-28(21(29)16(13)12-17(18)24)15-5-3-14(4-6-15)25-22(30)26-34(31,32)20-8-7-19(23)33-20/h3-12H,1-2H3,(H2,25,26,30). The number of anilines is 2. The number of halogens is 2. The number of rotatable bonds is 5. The maximum Gasteiger partial charge on any atom is 0.333 e. The van der Waals surface area contributed by atoms with E-state index in [2.05, 4.69) is 5.32 Å². The molecule has 0 radical (unpaired) electrons. The lowest BCUT2D eigenvalue weighted by Gasteiger charge is -2.15. The second-order valence-electron chi connectivity index (χ2n) is 7.44. The summed E-state index contributed by atoms with van der Waals surface area (Å²) >= 11 is 6.57. The molecule has 4 rings (SSSR count). The molecule has 12 heteroatoms. The van der Waals surface area contributed by atoms with Gasteiger partial charge in [0.2, 0.25) is 0 Å². The van der Waals surface area contributed by atoms with Gasteiger partial charge < -0.3 is 10.2 Å². The van der Waals surface area contributed by atoms with Gasteiger partial charge in [-0.25, -0.2) is 22.3 Å². The van der Waals surface area contributed by atoms with Crippen molar-refractivity contribution in [1.82, 2.24) is 9.29 Å². The van der Waals surface area contributed by atoms with Gasteiger partial charge in [-0.1, -0.05) is 11.6 Å². The summed E-state index contributed by atoms with van der Waals surface area (Å²) in [6.07, 6.45) is 1.58. The van der Waals surface area contributed by atoms with Crippen LogP contribution < -0.4 is 20.5 Å². The van der Waals surface area contributed by atoms with Gasteiger partial charge in [-0.15, -0.1) is 11.3 Å². The van der Waals surface area contributed by atoms with Crippen LogP contribution in [0.25, 0.3) is 16.5 Å². The summed E-state index contributed by atoms with van der Waals surface area (Å²) in [5.74, 6) is -0.502. The molecule has 0 atom stereocenters. The van der Waals surface area contributed by atoms with E-state index in [1.165, 1.54) is 34.9 Å². The number of aromatic nitrogens is 1. The molecule has 176 valence electrons. The number of nitrogens with one attached hydrogen (secondary N) is 2. The summed E-state index contributed by atoms with van der Waals surface area (Å²) in [4.78, 5) is 26.7. The molecule has 0 saturated heterocycles. The van der Waals surface area contributed by atoms with Crippen molar-refractivity contribution in [1.29, 1.82) is 0 Å². The number of thiophene rings is 1. The SMILES string of the molecule is CN(C)c1cc2ccn(-c3ccc(NC(=O)NS(=O)(=O)c4ccc(Cl)s4)cc3)c(=O)c2cc1F. The zero-order valence-corrected chi connectivity index (χ0v) is 20.3. The molecule has 2 aromatic carbocycles. The van der Waals surface area contributed by atoms with E-state index in [9.17, 15) is 22.4 Å². The van der Waals surface area contributed by atoms with Gasteiger partial charge in [-0.3, -0.25) is 9.36 Å². The zero-order valence-electron chi connectivity index (χ0n) is 17.9. The van der Waals surface area contributed by atoms with Crippen molar-refractivity contribution in [2.75, 3.05) is 24.3 Å². The third-order valence-corrected chi connectivity index (χ3v) is 7.95. The number of carbonyl (C=O) groups is 1. The summed E-state index contributed by atoms with van der Waals surface area (Å²) in [5.41, 5.74) is 0.760. The Labute approximate surface area is 203 Å². The average Bonchev–Trinajstić information content (AvgIpc) is 3.22. The Bertz CT molecular complexity index is 1560. The maximum atomic E-state index is 14.4. The number of hydrogen-bond acceptors (Lipinski definition) is 6. The number of hydrogen-bond donors (Lipinski definition) is 2. The Morgan fingerprint density at radius 3 is 2.41 bits per heavy atom. The van der Waals surface area contributed by atoms with Gasteiger partial charge in [-0.2, -0.15) is 0 Å². The fourth-order valence-corrected chi connectivity index (χ4v) is 5.67. The van der Waals surface area contributed by atoms with E-state index in [-0.39, 0.29) is 13.9 Å². The van der Waals surface area contributed by atoms with E-state index in [1.54, 1.807) is 49.5 Å². The number of nitrogens with zero attached hydrogens (tertiary/aromatic N) is 2. The first kappa shape index (κ1) is 23.7. The lowest BCUT2D eigenvalue weighted by atomic mass is 10.1. The van der Waals surface area contributed by atoms with Crippen LogP contribution in [0.2, 0.25) is 4.34 Å². The van der Waals surface area contributed by atoms with E-state index < -0.39 is 27.4 Å². The molecule has 0 bridgehead atoms. The topological polar surface area (TPSA) is 101 Å². The van der Waals surface area contributed by atoms with Crippen molar-refractivity contribution in [3.05, 3.63) is 81.3 Å². The predicted octanol–water partition coefficient (Wildman–Crippen LogP) is 4.42. The van der Waals surface area contributed by atoms with Crippen molar-refractivity contribution >= 4 is 61.1 Å². The molecule has 2 aromatic heterocycles. The van der Waals surface area contributed by atoms with Crippen LogP contribution in [0.1, 0.15) is 0 Å². The molecular formula is C22H18ClFN4O4S2. The highest BCUT2D eigenvalue weighted by molar-refractivity contribution is 7.92. The number of fused-ring (bicyclic) bond motifs is 1. The van der Waals surface area contributed by atoms with Gasteiger partial charge in [0.15, 0.2) is 0 Å². The van der Waals surface area contributed by atoms with Crippen LogP contribution in [0.15, 0.2) is 69.8 Å². The minimum Gasteiger partial charge on any atom is -0.375 e. The highest BCUT2D eigenvalue weighted by Gasteiger charge is 2.20. The molecule has 0 fully saturated rings. The third-order valence-electron chi connectivity index (χ3n) is 4.90. The Morgan fingerprint density at radius 1 is 1.09 bits per heavy atom. The highest BCUT2D eigenvalue weighted by atomic mass is 35.5. The van der Waals surface area contributed by atoms with Crippen molar-refractivity contribution in [2.45, 2.75) is 4.21 Å². The molecule has 2 heterocycles. The monoisotopic (exact) mass is 520 g/mol. The fourth-order valence-electron chi connectivity index (χ4n) is 3.28. The van der Waals surface area contributed by atoms with Gasteiger partial charge in [0.05, 0.1) is 15.4 Å². The second kappa shape index (κ2) is 9.09. The van der Waals surface area contributed by atoms with Crippen molar-refractivity contribution in [3.8, 4) is 5.69 Å². The van der Waals surface area contributed by atoms with Gasteiger partial charge in [-0.05, 0) is 60.0 Å². The molecule has 0 aliphatic carbocycles. The molecule has 0 saturated carbocycles. The van der Waals surface area contributed by atoms with E-state index in [1.807, 2.05) is 4.72 Å². The molecule has 8 nitrogen and oxygen atoms in total. The lowest BCUT2D eigenvalue weighted by molar-refractivity contribution is 0.256. The quantitative estimate of drug-likeness (QED) is 0.406. The average molecular weight is 521 g/mol. The van der Waals surface area contributed by atoms with Crippen LogP contribution in [-0.2, 0) is 10.0 Å². The Balaban J connectivity index is 1.54. The molecule has 0 aliphatic rings. The summed E-state index contributed by atoms with van der Waals surface area (Å²) in [6.45, 7) is 0. The first-order chi connectivity index (χ1) is 16.0. The third kappa shape index (κ3) is 4.76. The predicted molar refractivity (Wildman–Crippen MR) is 132 cm³/mol. The van der Waals surface area contributed by atoms with E-state index >= 15 is 0 Å². The number of amides is 2. The number of urea groups is 1. The van der Waals surface area contributed by atoms with Crippen molar-refractivity contribution < 1.29 is 17.6 Å². The van der Waals surface area contributed by atoms with Crippen LogP contribution in [0.5, 0.6) is 0 Å². The molecule has 0 spiro atoms. The summed E-state index contributed by atoms with van der Waals surface area (Å²) in [5, 5.41) is 3.26. The molecule has 2 amide bonds. The van der Waals surface area contributed by atoms with Crippen molar-refractivity contribution in [3.63, 3.8) is 0 Å². The molecule has 2 N–H and O–H groups in total. The highest BCUT2D eigenvalue weighted by Crippen LogP contribution is 2.26. The number of sulfonamides is 1. The smallest absolute Gasteiger partial charge is 0.333 e. The first-order valence-corrected chi connectivity index (χ1v) is 12.4. The largest absolute Gasteiger partial charge is 0.375 e. The molecule has 0 aliphatic heterocycles. The Morgan fingerprint density at radius 2 is 1.79 bits per heavy atom. The van der Waals surface area contributed by atoms with Gasteiger partial charge in [0, 0.05) is 31.7 Å². The fraction of sp³-hybridized carbons (Fsp3) is 0.0909. The van der Waals surface area contributed by atoms with Gasteiger partial charge in [0.1, 0.15) is 10.0 Å². The first-order valence-electron chi connectivity index (χ1n) is 9.77. The normalized spacial score (nSPS) is 11.4. The van der Waals surface area contributed by atoms with Crippen LogP contribution >= 0.6 is 22.9 Å². The molecule has 0 unspecified atom stereocenters. The molecular weight excluding hydrogens is 503 g/mol. The molecule has 4 aromatic rings. The van der Waals surface area contributed by atoms with Gasteiger partial charge >= 0.3 is 6.03 Å². The van der Waals surface area contributed by atoms with E-state index in [0.717, 1.165) is 11.3 Å². The lowest BCUT2D eigenvalue weighted by Crippen LogP contribution is -2.33. The van der Waals surface area contributed by atoms with Crippen LogP contribution in [-0.4, -0.2) is 33.1 Å². The summed E-state index contributed by atoms with van der Waals surface area (Å²) in [6, 6.07) is 12.5.